The van der Waals surface area contributed by atoms with Crippen LogP contribution in [0, 0.1) is 11.3 Å². The molecule has 0 saturated heterocycles. The number of nitrogens with two attached hydrogens (primary N) is 1. The Morgan fingerprint density at radius 1 is 1.50 bits per heavy atom. The van der Waals surface area contributed by atoms with E-state index in [4.69, 9.17) is 10.5 Å². The number of nitrogens with one attached hydrogen (secondary N) is 1. The minimum absolute atomic E-state index is 0.389. The van der Waals surface area contributed by atoms with Gasteiger partial charge in [-0.3, -0.25) is 4.99 Å². The van der Waals surface area contributed by atoms with Crippen LogP contribution in [0.1, 0.15) is 33.1 Å². The standard InChI is InChI=1S/C12H25N3O/c1-10(2)8-14-11(13)15-9-12(4-5-12)6-7-16-3/h10H,4-9H2,1-3H3,(H3,13,14,15). The first-order valence-corrected chi connectivity index (χ1v) is 6.11. The molecule has 0 radical (unpaired) electrons. The van der Waals surface area contributed by atoms with Crippen molar-refractivity contribution in [2.24, 2.45) is 22.1 Å². The van der Waals surface area contributed by atoms with Crippen LogP contribution in [0.3, 0.4) is 0 Å². The van der Waals surface area contributed by atoms with Gasteiger partial charge in [0.1, 0.15) is 0 Å². The van der Waals surface area contributed by atoms with Gasteiger partial charge in [0.15, 0.2) is 5.96 Å². The first-order chi connectivity index (χ1) is 7.58. The second-order valence-electron chi connectivity index (χ2n) is 5.22. The van der Waals surface area contributed by atoms with Gasteiger partial charge < -0.3 is 15.8 Å². The predicted molar refractivity (Wildman–Crippen MR) is 67.5 cm³/mol. The predicted octanol–water partition coefficient (Wildman–Crippen LogP) is 1.36. The summed E-state index contributed by atoms with van der Waals surface area (Å²) in [5.41, 5.74) is 6.18. The van der Waals surface area contributed by atoms with Crippen LogP contribution in [-0.2, 0) is 4.74 Å². The second kappa shape index (κ2) is 6.09. The molecule has 4 nitrogen and oxygen atoms in total. The highest BCUT2D eigenvalue weighted by molar-refractivity contribution is 5.77. The summed E-state index contributed by atoms with van der Waals surface area (Å²) in [6.07, 6.45) is 3.62. The summed E-state index contributed by atoms with van der Waals surface area (Å²) in [4.78, 5) is 4.41. The van der Waals surface area contributed by atoms with Crippen molar-refractivity contribution in [3.8, 4) is 0 Å². The zero-order valence-electron chi connectivity index (χ0n) is 10.8. The summed E-state index contributed by atoms with van der Waals surface area (Å²) in [6.45, 7) is 6.87. The smallest absolute Gasteiger partial charge is 0.188 e. The number of hydrogen-bond acceptors (Lipinski definition) is 2. The Balaban J connectivity index is 2.23. The Bertz CT molecular complexity index is 234. The SMILES string of the molecule is COCCC1(CN=C(N)NCC(C)C)CC1. The quantitative estimate of drug-likeness (QED) is 0.510. The Morgan fingerprint density at radius 2 is 2.19 bits per heavy atom. The van der Waals surface area contributed by atoms with Crippen molar-refractivity contribution in [2.75, 3.05) is 26.8 Å². The van der Waals surface area contributed by atoms with Crippen LogP contribution in [0.25, 0.3) is 0 Å². The van der Waals surface area contributed by atoms with E-state index >= 15 is 0 Å². The molecule has 0 amide bonds. The van der Waals surface area contributed by atoms with Crippen molar-refractivity contribution in [3.05, 3.63) is 0 Å². The Morgan fingerprint density at radius 3 is 2.69 bits per heavy atom. The lowest BCUT2D eigenvalue weighted by molar-refractivity contribution is 0.174. The molecule has 0 aromatic heterocycles. The zero-order chi connectivity index (χ0) is 12.0. The number of hydrogen-bond donors (Lipinski definition) is 2. The summed E-state index contributed by atoms with van der Waals surface area (Å²) in [7, 11) is 1.75. The van der Waals surface area contributed by atoms with Crippen molar-refractivity contribution >= 4 is 5.96 Å². The molecule has 4 heteroatoms. The van der Waals surface area contributed by atoms with Crippen molar-refractivity contribution < 1.29 is 4.74 Å². The van der Waals surface area contributed by atoms with Gasteiger partial charge in [-0.05, 0) is 30.6 Å². The van der Waals surface area contributed by atoms with Crippen LogP contribution >= 0.6 is 0 Å². The number of ether oxygens (including phenoxy) is 1. The molecule has 1 rings (SSSR count). The van der Waals surface area contributed by atoms with E-state index in [0.717, 1.165) is 26.1 Å². The molecular formula is C12H25N3O. The summed E-state index contributed by atoms with van der Waals surface area (Å²) < 4.78 is 5.11. The van der Waals surface area contributed by atoms with Gasteiger partial charge in [-0.2, -0.15) is 0 Å². The molecule has 1 aliphatic rings. The Kier molecular flexibility index (Phi) is 5.06. The van der Waals surface area contributed by atoms with Gasteiger partial charge in [-0.15, -0.1) is 0 Å². The fourth-order valence-electron chi connectivity index (χ4n) is 1.60. The fourth-order valence-corrected chi connectivity index (χ4v) is 1.60. The average molecular weight is 227 g/mol. The maximum absolute atomic E-state index is 5.79. The highest BCUT2D eigenvalue weighted by Gasteiger charge is 2.41. The highest BCUT2D eigenvalue weighted by Crippen LogP contribution is 2.48. The number of guanidine groups is 1. The number of nitrogens with zero attached hydrogens (tertiary/aromatic N) is 1. The van der Waals surface area contributed by atoms with Gasteiger partial charge in [-0.25, -0.2) is 0 Å². The third-order valence-electron chi connectivity index (χ3n) is 3.07. The van der Waals surface area contributed by atoms with E-state index in [1.807, 2.05) is 0 Å². The van der Waals surface area contributed by atoms with Gasteiger partial charge >= 0.3 is 0 Å². The van der Waals surface area contributed by atoms with Gasteiger partial charge in [0.05, 0.1) is 0 Å². The van der Waals surface area contributed by atoms with E-state index in [0.29, 0.717) is 17.3 Å². The van der Waals surface area contributed by atoms with Crippen molar-refractivity contribution in [2.45, 2.75) is 33.1 Å². The molecule has 0 aliphatic heterocycles. The first kappa shape index (κ1) is 13.3. The van der Waals surface area contributed by atoms with Crippen molar-refractivity contribution in [1.29, 1.82) is 0 Å². The molecule has 0 bridgehead atoms. The normalized spacial score (nSPS) is 18.9. The number of aliphatic imine (C=N–C) groups is 1. The van der Waals surface area contributed by atoms with Gasteiger partial charge in [0.25, 0.3) is 0 Å². The van der Waals surface area contributed by atoms with E-state index < -0.39 is 0 Å². The molecule has 0 heterocycles. The number of rotatable bonds is 7. The summed E-state index contributed by atoms with van der Waals surface area (Å²) in [6, 6.07) is 0. The zero-order valence-corrected chi connectivity index (χ0v) is 10.8. The Labute approximate surface area is 98.6 Å². The minimum Gasteiger partial charge on any atom is -0.385 e. The molecule has 0 unspecified atom stereocenters. The lowest BCUT2D eigenvalue weighted by atomic mass is 10.0. The monoisotopic (exact) mass is 227 g/mol. The van der Waals surface area contributed by atoms with Gasteiger partial charge in [-0.1, -0.05) is 13.8 Å². The summed E-state index contributed by atoms with van der Waals surface area (Å²) >= 11 is 0. The third-order valence-corrected chi connectivity index (χ3v) is 3.07. The van der Waals surface area contributed by atoms with Gasteiger partial charge in [0, 0.05) is 26.8 Å². The van der Waals surface area contributed by atoms with E-state index in [2.05, 4.69) is 24.2 Å². The molecule has 0 spiro atoms. The maximum Gasteiger partial charge on any atom is 0.188 e. The maximum atomic E-state index is 5.79. The van der Waals surface area contributed by atoms with Crippen LogP contribution in [0.4, 0.5) is 0 Å². The molecule has 1 fully saturated rings. The molecule has 94 valence electrons. The van der Waals surface area contributed by atoms with E-state index in [1.54, 1.807) is 7.11 Å². The van der Waals surface area contributed by atoms with Crippen molar-refractivity contribution in [3.63, 3.8) is 0 Å². The van der Waals surface area contributed by atoms with Gasteiger partial charge in [0.2, 0.25) is 0 Å². The highest BCUT2D eigenvalue weighted by atomic mass is 16.5. The van der Waals surface area contributed by atoms with E-state index in [9.17, 15) is 0 Å². The largest absolute Gasteiger partial charge is 0.385 e. The molecule has 1 saturated carbocycles. The van der Waals surface area contributed by atoms with Crippen LogP contribution < -0.4 is 11.1 Å². The molecular weight excluding hydrogens is 202 g/mol. The summed E-state index contributed by atoms with van der Waals surface area (Å²) in [5, 5.41) is 3.14. The molecule has 1 aliphatic carbocycles. The molecule has 16 heavy (non-hydrogen) atoms. The average Bonchev–Trinajstić information content (AvgIpc) is 3.01. The van der Waals surface area contributed by atoms with Crippen molar-refractivity contribution in [1.82, 2.24) is 5.32 Å². The molecule has 3 N–H and O–H groups in total. The summed E-state index contributed by atoms with van der Waals surface area (Å²) in [5.74, 6) is 1.18. The van der Waals surface area contributed by atoms with Crippen LogP contribution in [0.5, 0.6) is 0 Å². The van der Waals surface area contributed by atoms with Crippen LogP contribution in [-0.4, -0.2) is 32.8 Å². The molecule has 0 aromatic rings. The lowest BCUT2D eigenvalue weighted by Crippen LogP contribution is -2.35. The third kappa shape index (κ3) is 4.84. The minimum atomic E-state index is 0.389. The Hall–Kier alpha value is -0.770. The van der Waals surface area contributed by atoms with Crippen LogP contribution in [0.15, 0.2) is 4.99 Å². The second-order valence-corrected chi connectivity index (χ2v) is 5.22. The molecule has 0 aromatic carbocycles. The first-order valence-electron chi connectivity index (χ1n) is 6.11. The lowest BCUT2D eigenvalue weighted by Gasteiger charge is -2.13. The molecule has 0 atom stereocenters. The topological polar surface area (TPSA) is 59.6 Å². The van der Waals surface area contributed by atoms with Crippen LogP contribution in [0.2, 0.25) is 0 Å². The van der Waals surface area contributed by atoms with E-state index in [1.165, 1.54) is 12.8 Å². The van der Waals surface area contributed by atoms with E-state index in [-0.39, 0.29) is 0 Å². The fraction of sp³-hybridized carbons (Fsp3) is 0.917. The number of methoxy groups -OCH3 is 1.